The highest BCUT2D eigenvalue weighted by molar-refractivity contribution is 7.81. The summed E-state index contributed by atoms with van der Waals surface area (Å²) in [5.41, 5.74) is 0. The van der Waals surface area contributed by atoms with Crippen molar-refractivity contribution in [3.8, 4) is 0 Å². The van der Waals surface area contributed by atoms with Crippen LogP contribution in [0.4, 0.5) is 0 Å². The Morgan fingerprint density at radius 1 is 1.67 bits per heavy atom. The van der Waals surface area contributed by atoms with Crippen molar-refractivity contribution in [3.05, 3.63) is 0 Å². The zero-order valence-corrected chi connectivity index (χ0v) is 3.77. The van der Waals surface area contributed by atoms with Crippen LogP contribution in [0.5, 0.6) is 0 Å². The van der Waals surface area contributed by atoms with E-state index in [1.807, 2.05) is 0 Å². The maximum Gasteiger partial charge on any atom is 0.146 e. The van der Waals surface area contributed by atoms with Crippen molar-refractivity contribution in [2.24, 2.45) is 9.98 Å². The molecule has 0 atom stereocenters. The molecule has 0 saturated carbocycles. The Morgan fingerprint density at radius 3 is 2.67 bits per heavy atom. The number of thiocarbonyl (C=S) groups is 1. The molecule has 0 spiro atoms. The molecular formula is C3H2N2S. The normalized spacial score (nSPS) is 17.0. The second-order valence-corrected chi connectivity index (χ2v) is 1.28. The lowest BCUT2D eigenvalue weighted by atomic mass is 10.8. The van der Waals surface area contributed by atoms with Crippen LogP contribution < -0.4 is 0 Å². The molecule has 6 heavy (non-hydrogen) atoms. The lowest BCUT2D eigenvalue weighted by Gasteiger charge is -1.64. The fraction of sp³-hybridized carbons (Fsp3) is 0. The predicted octanol–water partition coefficient (Wildman–Crippen LogP) is 0.426. The fourth-order valence-electron chi connectivity index (χ4n) is 0.221. The molecule has 0 amide bonds. The predicted molar refractivity (Wildman–Crippen MR) is 29.6 cm³/mol. The van der Waals surface area contributed by atoms with Gasteiger partial charge in [-0.15, -0.1) is 0 Å². The van der Waals surface area contributed by atoms with Crippen LogP contribution >= 0.6 is 12.2 Å². The van der Waals surface area contributed by atoms with Gasteiger partial charge in [0.05, 0.1) is 6.21 Å². The van der Waals surface area contributed by atoms with Crippen molar-refractivity contribution in [1.29, 1.82) is 0 Å². The minimum atomic E-state index is 0.565. The minimum Gasteiger partial charge on any atom is -0.242 e. The summed E-state index contributed by atoms with van der Waals surface area (Å²) in [6, 6.07) is 0. The van der Waals surface area contributed by atoms with Crippen LogP contribution in [0.25, 0.3) is 0 Å². The molecule has 1 aliphatic heterocycles. The third kappa shape index (κ3) is 0.490. The van der Waals surface area contributed by atoms with E-state index in [2.05, 4.69) is 22.2 Å². The Hall–Kier alpha value is -0.570. The molecule has 0 aromatic carbocycles. The second-order valence-electron chi connectivity index (χ2n) is 0.861. The average Bonchev–Trinajstić information content (AvgIpc) is 1.86. The van der Waals surface area contributed by atoms with Crippen LogP contribution in [-0.4, -0.2) is 17.5 Å². The van der Waals surface area contributed by atoms with Crippen LogP contribution in [0.15, 0.2) is 9.98 Å². The SMILES string of the molecule is S=C1C=NC=N1. The monoisotopic (exact) mass is 98.0 g/mol. The number of rotatable bonds is 0. The molecule has 3 heteroatoms. The summed E-state index contributed by atoms with van der Waals surface area (Å²) >= 11 is 4.57. The van der Waals surface area contributed by atoms with E-state index in [9.17, 15) is 0 Å². The van der Waals surface area contributed by atoms with Gasteiger partial charge in [0.25, 0.3) is 0 Å². The van der Waals surface area contributed by atoms with E-state index in [1.54, 1.807) is 0 Å². The first-order chi connectivity index (χ1) is 2.89. The van der Waals surface area contributed by atoms with Gasteiger partial charge in [0, 0.05) is 0 Å². The molecule has 0 fully saturated rings. The Bertz CT molecular complexity index is 111. The van der Waals surface area contributed by atoms with Crippen molar-refractivity contribution >= 4 is 29.8 Å². The van der Waals surface area contributed by atoms with Crippen LogP contribution in [0.2, 0.25) is 0 Å². The van der Waals surface area contributed by atoms with Crippen LogP contribution in [0, 0.1) is 0 Å². The standard InChI is InChI=1S/C3H2N2S/c6-3-1-4-2-5-3/h1-2H. The fourth-order valence-corrected chi connectivity index (χ4v) is 0.329. The second kappa shape index (κ2) is 1.26. The first-order valence-electron chi connectivity index (χ1n) is 1.49. The summed E-state index contributed by atoms with van der Waals surface area (Å²) in [6.07, 6.45) is 2.97. The van der Waals surface area contributed by atoms with Crippen molar-refractivity contribution in [2.45, 2.75) is 0 Å². The highest BCUT2D eigenvalue weighted by Gasteiger charge is 1.86. The maximum absolute atomic E-state index is 4.57. The zero-order chi connectivity index (χ0) is 4.41. The van der Waals surface area contributed by atoms with E-state index in [1.165, 1.54) is 12.6 Å². The van der Waals surface area contributed by atoms with Gasteiger partial charge < -0.3 is 0 Å². The molecule has 30 valence electrons. The molecule has 0 bridgehead atoms. The summed E-state index contributed by atoms with van der Waals surface area (Å²) in [6.45, 7) is 0. The molecule has 0 unspecified atom stereocenters. The van der Waals surface area contributed by atoms with Gasteiger partial charge in [-0.05, 0) is 0 Å². The molecule has 0 saturated heterocycles. The molecule has 1 rings (SSSR count). The highest BCUT2D eigenvalue weighted by atomic mass is 32.1. The topological polar surface area (TPSA) is 24.7 Å². The Labute approximate surface area is 40.6 Å². The summed E-state index contributed by atoms with van der Waals surface area (Å²) in [7, 11) is 0. The third-order valence-corrected chi connectivity index (χ3v) is 0.647. The lowest BCUT2D eigenvalue weighted by molar-refractivity contribution is 1.79. The number of nitrogens with zero attached hydrogens (tertiary/aromatic N) is 2. The maximum atomic E-state index is 4.57. The number of aliphatic imine (C=N–C) groups is 2. The van der Waals surface area contributed by atoms with Crippen LogP contribution in [0.3, 0.4) is 0 Å². The quantitative estimate of drug-likeness (QED) is 0.403. The van der Waals surface area contributed by atoms with Gasteiger partial charge in [-0.2, -0.15) is 0 Å². The van der Waals surface area contributed by atoms with E-state index in [0.29, 0.717) is 4.99 Å². The smallest absolute Gasteiger partial charge is 0.146 e. The van der Waals surface area contributed by atoms with Crippen molar-refractivity contribution in [3.63, 3.8) is 0 Å². The molecule has 1 aliphatic rings. The van der Waals surface area contributed by atoms with Gasteiger partial charge in [-0.25, -0.2) is 9.98 Å². The van der Waals surface area contributed by atoms with Gasteiger partial charge in [-0.1, -0.05) is 12.2 Å². The molecule has 0 radical (unpaired) electrons. The Balaban J connectivity index is 2.86. The van der Waals surface area contributed by atoms with Gasteiger partial charge in [0.2, 0.25) is 0 Å². The molecular weight excluding hydrogens is 96.1 g/mol. The third-order valence-electron chi connectivity index (χ3n) is 0.437. The molecule has 2 nitrogen and oxygen atoms in total. The molecule has 0 aromatic heterocycles. The minimum absolute atomic E-state index is 0.565. The molecule has 0 aromatic rings. The van der Waals surface area contributed by atoms with E-state index in [-0.39, 0.29) is 0 Å². The van der Waals surface area contributed by atoms with Crippen molar-refractivity contribution in [2.75, 3.05) is 0 Å². The first-order valence-corrected chi connectivity index (χ1v) is 1.90. The zero-order valence-electron chi connectivity index (χ0n) is 2.96. The Kier molecular flexibility index (Phi) is 0.759. The highest BCUT2D eigenvalue weighted by Crippen LogP contribution is 1.80. The van der Waals surface area contributed by atoms with Crippen molar-refractivity contribution < 1.29 is 0 Å². The van der Waals surface area contributed by atoms with E-state index in [4.69, 9.17) is 0 Å². The Morgan fingerprint density at radius 2 is 2.50 bits per heavy atom. The average molecular weight is 98.1 g/mol. The number of hydrogen-bond donors (Lipinski definition) is 0. The van der Waals surface area contributed by atoms with E-state index < -0.39 is 0 Å². The molecule has 0 N–H and O–H groups in total. The molecule has 0 aliphatic carbocycles. The van der Waals surface area contributed by atoms with E-state index >= 15 is 0 Å². The van der Waals surface area contributed by atoms with Crippen LogP contribution in [-0.2, 0) is 0 Å². The summed E-state index contributed by atoms with van der Waals surface area (Å²) in [5.74, 6) is 0. The largest absolute Gasteiger partial charge is 0.242 e. The van der Waals surface area contributed by atoms with Gasteiger partial charge in [0.1, 0.15) is 11.3 Å². The van der Waals surface area contributed by atoms with Gasteiger partial charge in [-0.3, -0.25) is 0 Å². The summed E-state index contributed by atoms with van der Waals surface area (Å²) in [5, 5.41) is 0. The van der Waals surface area contributed by atoms with Gasteiger partial charge >= 0.3 is 0 Å². The number of hydrogen-bond acceptors (Lipinski definition) is 2. The van der Waals surface area contributed by atoms with E-state index in [0.717, 1.165) is 0 Å². The molecule has 1 heterocycles. The lowest BCUT2D eigenvalue weighted by Crippen LogP contribution is -1.79. The van der Waals surface area contributed by atoms with Crippen molar-refractivity contribution in [1.82, 2.24) is 0 Å². The van der Waals surface area contributed by atoms with Crippen LogP contribution in [0.1, 0.15) is 0 Å². The summed E-state index contributed by atoms with van der Waals surface area (Å²) in [4.78, 5) is 7.79. The van der Waals surface area contributed by atoms with Gasteiger partial charge in [0.15, 0.2) is 0 Å². The summed E-state index contributed by atoms with van der Waals surface area (Å²) < 4.78 is 0. The first kappa shape index (κ1) is 3.61.